The lowest BCUT2D eigenvalue weighted by Gasteiger charge is -2.10. The molecule has 0 aliphatic rings. The van der Waals surface area contributed by atoms with Gasteiger partial charge in [0.05, 0.1) is 11.0 Å². The first kappa shape index (κ1) is 12.7. The zero-order chi connectivity index (χ0) is 14.1. The fourth-order valence-corrected chi connectivity index (χ4v) is 2.61. The minimum absolute atomic E-state index is 0.778. The number of nitrogens with two attached hydrogens (primary N) is 1. The van der Waals surface area contributed by atoms with Crippen molar-refractivity contribution in [1.82, 2.24) is 9.55 Å². The van der Waals surface area contributed by atoms with E-state index in [1.54, 1.807) is 0 Å². The Hall–Kier alpha value is -2.29. The number of nitrogens with zero attached hydrogens (tertiary/aromatic N) is 2. The Morgan fingerprint density at radius 3 is 2.75 bits per heavy atom. The first-order chi connectivity index (χ1) is 9.70. The largest absolute Gasteiger partial charge is 0.399 e. The summed E-state index contributed by atoms with van der Waals surface area (Å²) in [7, 11) is 0. The normalized spacial score (nSPS) is 11.1. The molecule has 0 unspecified atom stereocenters. The lowest BCUT2D eigenvalue weighted by Crippen LogP contribution is -2.01. The molecule has 0 saturated carbocycles. The third-order valence-electron chi connectivity index (χ3n) is 3.60. The number of fused-ring (bicyclic) bond motifs is 1. The molecule has 2 aromatic carbocycles. The Labute approximate surface area is 119 Å². The Balaban J connectivity index is 2.29. The highest BCUT2D eigenvalue weighted by Gasteiger charge is 2.13. The first-order valence-corrected chi connectivity index (χ1v) is 7.02. The van der Waals surface area contributed by atoms with Gasteiger partial charge in [-0.1, -0.05) is 25.1 Å². The number of imidazole rings is 1. The molecule has 0 radical (unpaired) electrons. The van der Waals surface area contributed by atoms with Crippen LogP contribution in [0.15, 0.2) is 42.5 Å². The van der Waals surface area contributed by atoms with E-state index in [-0.39, 0.29) is 0 Å². The predicted octanol–water partition coefficient (Wildman–Crippen LogP) is 4.00. The van der Waals surface area contributed by atoms with Gasteiger partial charge < -0.3 is 10.3 Å². The maximum atomic E-state index is 5.95. The van der Waals surface area contributed by atoms with Gasteiger partial charge in [-0.15, -0.1) is 0 Å². The number of benzene rings is 2. The van der Waals surface area contributed by atoms with Crippen molar-refractivity contribution < 1.29 is 0 Å². The molecule has 0 spiro atoms. The molecule has 2 N–H and O–H groups in total. The standard InChI is InChI=1S/C17H19N3/c1-3-10-20-16-7-5-4-6-15(16)19-17(20)14-11-13(18)9-8-12(14)2/h4-9,11H,3,10,18H2,1-2H3. The molecule has 102 valence electrons. The monoisotopic (exact) mass is 265 g/mol. The van der Waals surface area contributed by atoms with E-state index in [2.05, 4.69) is 42.7 Å². The van der Waals surface area contributed by atoms with Crippen LogP contribution in [0.2, 0.25) is 0 Å². The molecular weight excluding hydrogens is 246 g/mol. The third-order valence-corrected chi connectivity index (χ3v) is 3.60. The molecule has 0 aliphatic carbocycles. The molecule has 0 amide bonds. The highest BCUT2D eigenvalue weighted by molar-refractivity contribution is 5.81. The van der Waals surface area contributed by atoms with E-state index in [0.717, 1.165) is 35.6 Å². The number of anilines is 1. The molecule has 0 aliphatic heterocycles. The van der Waals surface area contributed by atoms with Gasteiger partial charge in [-0.05, 0) is 43.2 Å². The van der Waals surface area contributed by atoms with Crippen LogP contribution in [0.4, 0.5) is 5.69 Å². The van der Waals surface area contributed by atoms with Crippen molar-refractivity contribution in [3.05, 3.63) is 48.0 Å². The van der Waals surface area contributed by atoms with Gasteiger partial charge in [-0.3, -0.25) is 0 Å². The van der Waals surface area contributed by atoms with E-state index in [0.29, 0.717) is 0 Å². The predicted molar refractivity (Wildman–Crippen MR) is 84.6 cm³/mol. The fraction of sp³-hybridized carbons (Fsp3) is 0.235. The number of aromatic nitrogens is 2. The van der Waals surface area contributed by atoms with Crippen LogP contribution in [0.3, 0.4) is 0 Å². The topological polar surface area (TPSA) is 43.8 Å². The summed E-state index contributed by atoms with van der Waals surface area (Å²) in [4.78, 5) is 4.81. The van der Waals surface area contributed by atoms with Crippen LogP contribution < -0.4 is 5.73 Å². The van der Waals surface area contributed by atoms with Gasteiger partial charge in [0, 0.05) is 17.8 Å². The second-order valence-electron chi connectivity index (χ2n) is 5.15. The third kappa shape index (κ3) is 2.05. The van der Waals surface area contributed by atoms with Crippen LogP contribution in [0.5, 0.6) is 0 Å². The molecule has 20 heavy (non-hydrogen) atoms. The Bertz CT molecular complexity index is 756. The molecule has 0 saturated heterocycles. The molecule has 3 heteroatoms. The van der Waals surface area contributed by atoms with Crippen LogP contribution in [0.1, 0.15) is 18.9 Å². The van der Waals surface area contributed by atoms with Crippen LogP contribution >= 0.6 is 0 Å². The molecule has 0 fully saturated rings. The van der Waals surface area contributed by atoms with Crippen molar-refractivity contribution in [2.24, 2.45) is 0 Å². The van der Waals surface area contributed by atoms with Gasteiger partial charge in [0.2, 0.25) is 0 Å². The van der Waals surface area contributed by atoms with E-state index in [1.165, 1.54) is 11.1 Å². The lowest BCUT2D eigenvalue weighted by molar-refractivity contribution is 0.704. The number of aryl methyl sites for hydroxylation is 2. The number of hydrogen-bond donors (Lipinski definition) is 1. The summed E-state index contributed by atoms with van der Waals surface area (Å²) in [6, 6.07) is 14.3. The van der Waals surface area contributed by atoms with Crippen LogP contribution in [0.25, 0.3) is 22.4 Å². The van der Waals surface area contributed by atoms with Crippen molar-refractivity contribution >= 4 is 16.7 Å². The Morgan fingerprint density at radius 1 is 1.15 bits per heavy atom. The molecule has 1 heterocycles. The number of para-hydroxylation sites is 2. The quantitative estimate of drug-likeness (QED) is 0.727. The van der Waals surface area contributed by atoms with Gasteiger partial charge in [0.25, 0.3) is 0 Å². The maximum Gasteiger partial charge on any atom is 0.141 e. The van der Waals surface area contributed by atoms with Gasteiger partial charge in [-0.25, -0.2) is 4.98 Å². The zero-order valence-corrected chi connectivity index (χ0v) is 11.9. The van der Waals surface area contributed by atoms with Crippen molar-refractivity contribution in [2.75, 3.05) is 5.73 Å². The van der Waals surface area contributed by atoms with E-state index >= 15 is 0 Å². The number of rotatable bonds is 3. The minimum atomic E-state index is 0.778. The van der Waals surface area contributed by atoms with Crippen molar-refractivity contribution in [3.8, 4) is 11.4 Å². The minimum Gasteiger partial charge on any atom is -0.399 e. The fourth-order valence-electron chi connectivity index (χ4n) is 2.61. The van der Waals surface area contributed by atoms with E-state index in [4.69, 9.17) is 10.7 Å². The van der Waals surface area contributed by atoms with Crippen molar-refractivity contribution in [3.63, 3.8) is 0 Å². The number of nitrogen functional groups attached to an aromatic ring is 1. The summed E-state index contributed by atoms with van der Waals surface area (Å²) in [5.74, 6) is 1.01. The highest BCUT2D eigenvalue weighted by atomic mass is 15.1. The average molecular weight is 265 g/mol. The summed E-state index contributed by atoms with van der Waals surface area (Å²) < 4.78 is 2.29. The van der Waals surface area contributed by atoms with Gasteiger partial charge in [0.1, 0.15) is 5.82 Å². The van der Waals surface area contributed by atoms with Crippen LogP contribution in [-0.4, -0.2) is 9.55 Å². The Morgan fingerprint density at radius 2 is 1.95 bits per heavy atom. The van der Waals surface area contributed by atoms with Crippen molar-refractivity contribution in [1.29, 1.82) is 0 Å². The summed E-state index contributed by atoms with van der Waals surface area (Å²) in [6.45, 7) is 5.25. The smallest absolute Gasteiger partial charge is 0.141 e. The molecule has 1 aromatic heterocycles. The van der Waals surface area contributed by atoms with Gasteiger partial charge in [-0.2, -0.15) is 0 Å². The number of hydrogen-bond acceptors (Lipinski definition) is 2. The Kier molecular flexibility index (Phi) is 3.18. The molecular formula is C17H19N3. The molecule has 0 bridgehead atoms. The molecule has 3 nitrogen and oxygen atoms in total. The zero-order valence-electron chi connectivity index (χ0n) is 11.9. The van der Waals surface area contributed by atoms with Gasteiger partial charge in [0.15, 0.2) is 0 Å². The molecule has 0 atom stereocenters. The second kappa shape index (κ2) is 5.00. The first-order valence-electron chi connectivity index (χ1n) is 7.02. The second-order valence-corrected chi connectivity index (χ2v) is 5.15. The summed E-state index contributed by atoms with van der Waals surface area (Å²) in [5.41, 5.74) is 11.3. The van der Waals surface area contributed by atoms with Crippen LogP contribution in [-0.2, 0) is 6.54 Å². The van der Waals surface area contributed by atoms with E-state index in [9.17, 15) is 0 Å². The highest BCUT2D eigenvalue weighted by Crippen LogP contribution is 2.28. The lowest BCUT2D eigenvalue weighted by atomic mass is 10.1. The van der Waals surface area contributed by atoms with E-state index < -0.39 is 0 Å². The summed E-state index contributed by atoms with van der Waals surface area (Å²) >= 11 is 0. The van der Waals surface area contributed by atoms with Gasteiger partial charge >= 0.3 is 0 Å². The summed E-state index contributed by atoms with van der Waals surface area (Å²) in [6.07, 6.45) is 1.08. The average Bonchev–Trinajstić information content (AvgIpc) is 2.81. The maximum absolute atomic E-state index is 5.95. The van der Waals surface area contributed by atoms with Crippen LogP contribution in [0, 0.1) is 6.92 Å². The SMILES string of the molecule is CCCn1c(-c2cc(N)ccc2C)nc2ccccc21. The molecule has 3 aromatic rings. The molecule has 3 rings (SSSR count). The summed E-state index contributed by atoms with van der Waals surface area (Å²) in [5, 5.41) is 0. The van der Waals surface area contributed by atoms with Crippen molar-refractivity contribution in [2.45, 2.75) is 26.8 Å². The van der Waals surface area contributed by atoms with E-state index in [1.807, 2.05) is 18.2 Å².